The number of aryl methyl sites for hydroxylation is 3. The van der Waals surface area contributed by atoms with E-state index in [0.717, 1.165) is 23.5 Å². The Morgan fingerprint density at radius 3 is 2.57 bits per heavy atom. The molecule has 0 bridgehead atoms. The second-order valence-corrected chi connectivity index (χ2v) is 6.85. The smallest absolute Gasteiger partial charge is 0.329 e. The van der Waals surface area contributed by atoms with Gasteiger partial charge in [0.25, 0.3) is 5.56 Å². The summed E-state index contributed by atoms with van der Waals surface area (Å²) in [5.74, 6) is 0.376. The zero-order valence-corrected chi connectivity index (χ0v) is 15.9. The van der Waals surface area contributed by atoms with Crippen molar-refractivity contribution in [3.05, 3.63) is 62.3 Å². The van der Waals surface area contributed by atoms with E-state index in [9.17, 15) is 14.0 Å². The third-order valence-electron chi connectivity index (χ3n) is 5.14. The first-order chi connectivity index (χ1) is 13.4. The Morgan fingerprint density at radius 2 is 1.86 bits per heavy atom. The van der Waals surface area contributed by atoms with Gasteiger partial charge in [0.05, 0.1) is 0 Å². The fourth-order valence-electron chi connectivity index (χ4n) is 3.48. The van der Waals surface area contributed by atoms with Crippen molar-refractivity contribution in [3.63, 3.8) is 0 Å². The molecule has 9 heteroatoms. The van der Waals surface area contributed by atoms with E-state index in [4.69, 9.17) is 0 Å². The van der Waals surface area contributed by atoms with Crippen LogP contribution < -0.4 is 16.6 Å². The number of H-pyrrole nitrogens is 1. The fraction of sp³-hybridized carbons (Fsp3) is 0.316. The first kappa shape index (κ1) is 18.0. The van der Waals surface area contributed by atoms with Crippen molar-refractivity contribution in [2.75, 3.05) is 11.9 Å². The minimum Gasteiger partial charge on any atom is -0.385 e. The molecule has 4 rings (SSSR count). The van der Waals surface area contributed by atoms with Gasteiger partial charge in [-0.25, -0.2) is 9.18 Å². The largest absolute Gasteiger partial charge is 0.385 e. The monoisotopic (exact) mass is 384 g/mol. The fourth-order valence-corrected chi connectivity index (χ4v) is 3.48. The third kappa shape index (κ3) is 2.79. The molecule has 2 N–H and O–H groups in total. The summed E-state index contributed by atoms with van der Waals surface area (Å²) in [6, 6.07) is 6.24. The number of imidazole rings is 2. The molecule has 8 nitrogen and oxygen atoms in total. The van der Waals surface area contributed by atoms with E-state index in [1.165, 1.54) is 16.7 Å². The number of aromatic amines is 1. The lowest BCUT2D eigenvalue weighted by Crippen LogP contribution is -2.28. The van der Waals surface area contributed by atoms with E-state index in [1.807, 2.05) is 18.4 Å². The van der Waals surface area contributed by atoms with Crippen molar-refractivity contribution in [1.82, 2.24) is 23.5 Å². The molecule has 0 unspecified atom stereocenters. The van der Waals surface area contributed by atoms with E-state index in [1.54, 1.807) is 23.6 Å². The molecule has 0 spiro atoms. The Labute approximate surface area is 159 Å². The average molecular weight is 384 g/mol. The summed E-state index contributed by atoms with van der Waals surface area (Å²) < 4.78 is 18.2. The maximum atomic E-state index is 13.0. The van der Waals surface area contributed by atoms with Crippen LogP contribution in [0.3, 0.4) is 0 Å². The highest BCUT2D eigenvalue weighted by Crippen LogP contribution is 2.20. The molecule has 3 heterocycles. The molecule has 0 aliphatic heterocycles. The SMILES string of the molecule is Cc1c(C)n2c3c(=O)[nH]c(=O)n(C)c3nc2n1CCCNc1ccc(F)cc1. The lowest BCUT2D eigenvalue weighted by Gasteiger charge is -2.08. The van der Waals surface area contributed by atoms with Gasteiger partial charge in [0, 0.05) is 37.2 Å². The standard InChI is InChI=1S/C19H21FN6O2/c1-11-12(2)26-15-16(24(3)19(28)23-17(15)27)22-18(26)25(11)10-4-9-21-14-7-5-13(20)6-8-14/h5-8,21H,4,9-10H2,1-3H3,(H,23,27,28). The molecular weight excluding hydrogens is 363 g/mol. The predicted octanol–water partition coefficient (Wildman–Crippen LogP) is 1.93. The van der Waals surface area contributed by atoms with Crippen LogP contribution in [0.5, 0.6) is 0 Å². The molecule has 0 aliphatic rings. The van der Waals surface area contributed by atoms with Crippen molar-refractivity contribution >= 4 is 22.6 Å². The van der Waals surface area contributed by atoms with Crippen LogP contribution in [-0.2, 0) is 13.6 Å². The molecule has 146 valence electrons. The molecule has 0 saturated carbocycles. The zero-order valence-electron chi connectivity index (χ0n) is 15.9. The minimum atomic E-state index is -0.484. The van der Waals surface area contributed by atoms with Gasteiger partial charge < -0.3 is 9.88 Å². The van der Waals surface area contributed by atoms with Crippen LogP contribution in [0.4, 0.5) is 10.1 Å². The quantitative estimate of drug-likeness (QED) is 0.515. The Bertz CT molecular complexity index is 1290. The molecule has 0 atom stereocenters. The molecule has 0 fully saturated rings. The number of halogens is 1. The number of hydrogen-bond donors (Lipinski definition) is 2. The number of nitrogens with zero attached hydrogens (tertiary/aromatic N) is 4. The van der Waals surface area contributed by atoms with Crippen molar-refractivity contribution < 1.29 is 4.39 Å². The van der Waals surface area contributed by atoms with Crippen LogP contribution in [0, 0.1) is 19.7 Å². The number of fused-ring (bicyclic) bond motifs is 3. The average Bonchev–Trinajstić information content (AvgIpc) is 3.16. The van der Waals surface area contributed by atoms with Gasteiger partial charge in [0.1, 0.15) is 5.82 Å². The molecular formula is C19H21FN6O2. The summed E-state index contributed by atoms with van der Waals surface area (Å²) >= 11 is 0. The number of aromatic nitrogens is 5. The van der Waals surface area contributed by atoms with Crippen molar-refractivity contribution in [3.8, 4) is 0 Å². The number of anilines is 1. The van der Waals surface area contributed by atoms with Gasteiger partial charge in [0.15, 0.2) is 11.2 Å². The van der Waals surface area contributed by atoms with Crippen LogP contribution >= 0.6 is 0 Å². The van der Waals surface area contributed by atoms with Gasteiger partial charge in [-0.05, 0) is 44.5 Å². The Kier molecular flexibility index (Phi) is 4.29. The van der Waals surface area contributed by atoms with Gasteiger partial charge >= 0.3 is 5.69 Å². The summed E-state index contributed by atoms with van der Waals surface area (Å²) in [4.78, 5) is 31.1. The molecule has 0 amide bonds. The van der Waals surface area contributed by atoms with E-state index in [0.29, 0.717) is 30.0 Å². The number of hydrogen-bond acceptors (Lipinski definition) is 4. The number of rotatable bonds is 5. The first-order valence-electron chi connectivity index (χ1n) is 9.05. The van der Waals surface area contributed by atoms with Gasteiger partial charge in [-0.3, -0.25) is 18.7 Å². The molecule has 4 aromatic rings. The number of nitrogens with one attached hydrogen (secondary N) is 2. The van der Waals surface area contributed by atoms with Crippen LogP contribution in [0.25, 0.3) is 16.9 Å². The zero-order chi connectivity index (χ0) is 20.0. The highest BCUT2D eigenvalue weighted by Gasteiger charge is 2.20. The first-order valence-corrected chi connectivity index (χ1v) is 9.05. The Balaban J connectivity index is 1.64. The Morgan fingerprint density at radius 1 is 1.14 bits per heavy atom. The van der Waals surface area contributed by atoms with E-state index in [-0.39, 0.29) is 5.82 Å². The Hall–Kier alpha value is -3.36. The lowest BCUT2D eigenvalue weighted by atomic mass is 10.3. The second-order valence-electron chi connectivity index (χ2n) is 6.85. The maximum Gasteiger partial charge on any atom is 0.329 e. The van der Waals surface area contributed by atoms with Crippen LogP contribution in [-0.4, -0.2) is 30.0 Å². The van der Waals surface area contributed by atoms with E-state index in [2.05, 4.69) is 15.3 Å². The van der Waals surface area contributed by atoms with Crippen molar-refractivity contribution in [2.24, 2.45) is 7.05 Å². The second kappa shape index (κ2) is 6.66. The van der Waals surface area contributed by atoms with Gasteiger partial charge in [0.2, 0.25) is 5.78 Å². The van der Waals surface area contributed by atoms with E-state index < -0.39 is 11.2 Å². The van der Waals surface area contributed by atoms with Crippen LogP contribution in [0.2, 0.25) is 0 Å². The molecule has 1 aromatic carbocycles. The van der Waals surface area contributed by atoms with Crippen molar-refractivity contribution in [2.45, 2.75) is 26.8 Å². The lowest BCUT2D eigenvalue weighted by molar-refractivity contribution is 0.627. The summed E-state index contributed by atoms with van der Waals surface area (Å²) in [5, 5.41) is 3.26. The van der Waals surface area contributed by atoms with Gasteiger partial charge in [-0.2, -0.15) is 4.98 Å². The van der Waals surface area contributed by atoms with Crippen molar-refractivity contribution in [1.29, 1.82) is 0 Å². The van der Waals surface area contributed by atoms with Crippen LogP contribution in [0.15, 0.2) is 33.9 Å². The highest BCUT2D eigenvalue weighted by atomic mass is 19.1. The highest BCUT2D eigenvalue weighted by molar-refractivity contribution is 5.76. The van der Waals surface area contributed by atoms with Crippen LogP contribution in [0.1, 0.15) is 17.8 Å². The topological polar surface area (TPSA) is 89.1 Å². The molecule has 0 radical (unpaired) electrons. The van der Waals surface area contributed by atoms with Gasteiger partial charge in [-0.1, -0.05) is 0 Å². The maximum absolute atomic E-state index is 13.0. The summed E-state index contributed by atoms with van der Waals surface area (Å²) in [6.07, 6.45) is 0.806. The minimum absolute atomic E-state index is 0.262. The predicted molar refractivity (Wildman–Crippen MR) is 106 cm³/mol. The normalized spacial score (nSPS) is 11.6. The number of benzene rings is 1. The molecule has 3 aromatic heterocycles. The molecule has 28 heavy (non-hydrogen) atoms. The molecule has 0 aliphatic carbocycles. The third-order valence-corrected chi connectivity index (χ3v) is 5.14. The van der Waals surface area contributed by atoms with E-state index >= 15 is 0 Å². The molecule has 0 saturated heterocycles. The summed E-state index contributed by atoms with van der Waals surface area (Å²) in [7, 11) is 1.59. The summed E-state index contributed by atoms with van der Waals surface area (Å²) in [5.41, 5.74) is 2.60. The summed E-state index contributed by atoms with van der Waals surface area (Å²) in [6.45, 7) is 5.31. The van der Waals surface area contributed by atoms with Gasteiger partial charge in [-0.15, -0.1) is 0 Å².